The fourth-order valence-corrected chi connectivity index (χ4v) is 2.33. The molecular weight excluding hydrogens is 282 g/mol. The molecule has 3 rings (SSSR count). The molecule has 23 heavy (non-hydrogen) atoms. The van der Waals surface area contributed by atoms with E-state index in [0.29, 0.717) is 6.61 Å². The Morgan fingerprint density at radius 3 is 2.35 bits per heavy atom. The van der Waals surface area contributed by atoms with Gasteiger partial charge in [-0.05, 0) is 35.2 Å². The highest BCUT2D eigenvalue weighted by Gasteiger charge is 1.99. The number of rotatable bonds is 5. The standard InChI is InChI=1S/C21H19NO/c1-17-10-12-18(13-11-17)15-22-23-16-19-6-5-9-21(14-19)20-7-3-2-4-8-20/h2-15H,16H2,1H3. The van der Waals surface area contributed by atoms with E-state index in [0.717, 1.165) is 11.1 Å². The van der Waals surface area contributed by atoms with E-state index >= 15 is 0 Å². The highest BCUT2D eigenvalue weighted by molar-refractivity contribution is 5.79. The van der Waals surface area contributed by atoms with Gasteiger partial charge < -0.3 is 4.84 Å². The molecule has 0 saturated heterocycles. The van der Waals surface area contributed by atoms with Gasteiger partial charge in [-0.3, -0.25) is 0 Å². The smallest absolute Gasteiger partial charge is 0.142 e. The minimum atomic E-state index is 0.461. The van der Waals surface area contributed by atoms with Gasteiger partial charge in [0.1, 0.15) is 6.61 Å². The summed E-state index contributed by atoms with van der Waals surface area (Å²) < 4.78 is 0. The minimum Gasteiger partial charge on any atom is -0.391 e. The summed E-state index contributed by atoms with van der Waals surface area (Å²) in [5.41, 5.74) is 5.77. The summed E-state index contributed by atoms with van der Waals surface area (Å²) in [6, 6.07) is 26.8. The van der Waals surface area contributed by atoms with Crippen molar-refractivity contribution in [1.29, 1.82) is 0 Å². The average Bonchev–Trinajstić information content (AvgIpc) is 2.61. The Morgan fingerprint density at radius 2 is 1.57 bits per heavy atom. The predicted octanol–water partition coefficient (Wildman–Crippen LogP) is 5.21. The fourth-order valence-electron chi connectivity index (χ4n) is 2.33. The molecule has 0 radical (unpaired) electrons. The van der Waals surface area contributed by atoms with Crippen LogP contribution >= 0.6 is 0 Å². The van der Waals surface area contributed by atoms with Crippen molar-refractivity contribution >= 4 is 6.21 Å². The van der Waals surface area contributed by atoms with Crippen LogP contribution in [0.2, 0.25) is 0 Å². The molecule has 2 nitrogen and oxygen atoms in total. The van der Waals surface area contributed by atoms with Gasteiger partial charge in [-0.25, -0.2) is 0 Å². The molecular formula is C21H19NO. The van der Waals surface area contributed by atoms with Crippen LogP contribution in [0, 0.1) is 6.92 Å². The molecule has 2 heteroatoms. The minimum absolute atomic E-state index is 0.461. The monoisotopic (exact) mass is 301 g/mol. The van der Waals surface area contributed by atoms with Crippen molar-refractivity contribution in [2.45, 2.75) is 13.5 Å². The summed E-state index contributed by atoms with van der Waals surface area (Å²) in [4.78, 5) is 5.41. The third kappa shape index (κ3) is 4.30. The second kappa shape index (κ2) is 7.41. The fraction of sp³-hybridized carbons (Fsp3) is 0.0952. The van der Waals surface area contributed by atoms with Crippen LogP contribution in [0.1, 0.15) is 16.7 Å². The number of nitrogens with zero attached hydrogens (tertiary/aromatic N) is 1. The van der Waals surface area contributed by atoms with Crippen LogP contribution in [-0.2, 0) is 11.4 Å². The Labute approximate surface area is 137 Å². The number of hydrogen-bond acceptors (Lipinski definition) is 2. The van der Waals surface area contributed by atoms with E-state index in [1.54, 1.807) is 6.21 Å². The maximum atomic E-state index is 5.41. The quantitative estimate of drug-likeness (QED) is 0.468. The van der Waals surface area contributed by atoms with Crippen molar-refractivity contribution in [2.75, 3.05) is 0 Å². The zero-order valence-electron chi connectivity index (χ0n) is 13.1. The second-order valence-corrected chi connectivity index (χ2v) is 5.49. The van der Waals surface area contributed by atoms with Crippen LogP contribution < -0.4 is 0 Å². The zero-order chi connectivity index (χ0) is 15.9. The Morgan fingerprint density at radius 1 is 0.826 bits per heavy atom. The molecule has 0 N–H and O–H groups in total. The first kappa shape index (κ1) is 15.0. The number of oxime groups is 1. The summed E-state index contributed by atoms with van der Waals surface area (Å²) >= 11 is 0. The normalized spacial score (nSPS) is 10.8. The van der Waals surface area contributed by atoms with Crippen LogP contribution in [0.5, 0.6) is 0 Å². The summed E-state index contributed by atoms with van der Waals surface area (Å²) in [5, 5.41) is 4.04. The third-order valence-corrected chi connectivity index (χ3v) is 3.62. The first-order valence-electron chi connectivity index (χ1n) is 7.68. The van der Waals surface area contributed by atoms with Crippen molar-refractivity contribution in [3.63, 3.8) is 0 Å². The molecule has 0 fully saturated rings. The molecule has 0 spiro atoms. The van der Waals surface area contributed by atoms with Crippen molar-refractivity contribution in [2.24, 2.45) is 5.16 Å². The van der Waals surface area contributed by atoms with Crippen LogP contribution in [0.15, 0.2) is 84.0 Å². The number of hydrogen-bond donors (Lipinski definition) is 0. The Balaban J connectivity index is 1.61. The van der Waals surface area contributed by atoms with E-state index in [-0.39, 0.29) is 0 Å². The van der Waals surface area contributed by atoms with Gasteiger partial charge in [-0.2, -0.15) is 0 Å². The molecule has 0 bridgehead atoms. The van der Waals surface area contributed by atoms with Crippen LogP contribution in [0.3, 0.4) is 0 Å². The van der Waals surface area contributed by atoms with E-state index in [1.165, 1.54) is 16.7 Å². The molecule has 3 aromatic rings. The van der Waals surface area contributed by atoms with Crippen molar-refractivity contribution in [3.05, 3.63) is 95.6 Å². The molecule has 0 aliphatic heterocycles. The maximum absolute atomic E-state index is 5.41. The summed E-state index contributed by atoms with van der Waals surface area (Å²) in [7, 11) is 0. The molecule has 0 aromatic heterocycles. The summed E-state index contributed by atoms with van der Waals surface area (Å²) in [6.07, 6.45) is 1.74. The third-order valence-electron chi connectivity index (χ3n) is 3.62. The topological polar surface area (TPSA) is 21.6 Å². The summed E-state index contributed by atoms with van der Waals surface area (Å²) in [6.45, 7) is 2.53. The van der Waals surface area contributed by atoms with Gasteiger partial charge in [0.2, 0.25) is 0 Å². The van der Waals surface area contributed by atoms with E-state index < -0.39 is 0 Å². The Kier molecular flexibility index (Phi) is 4.85. The summed E-state index contributed by atoms with van der Waals surface area (Å²) in [5.74, 6) is 0. The largest absolute Gasteiger partial charge is 0.391 e. The van der Waals surface area contributed by atoms with Gasteiger partial charge in [0, 0.05) is 0 Å². The van der Waals surface area contributed by atoms with Crippen LogP contribution in [-0.4, -0.2) is 6.21 Å². The molecule has 0 saturated carbocycles. The molecule has 0 atom stereocenters. The molecule has 0 aliphatic rings. The van der Waals surface area contributed by atoms with E-state index in [2.05, 4.69) is 48.5 Å². The van der Waals surface area contributed by atoms with E-state index in [1.807, 2.05) is 42.5 Å². The molecule has 0 aliphatic carbocycles. The average molecular weight is 301 g/mol. The van der Waals surface area contributed by atoms with Gasteiger partial charge in [-0.15, -0.1) is 0 Å². The maximum Gasteiger partial charge on any atom is 0.142 e. The Bertz CT molecular complexity index is 776. The van der Waals surface area contributed by atoms with Crippen molar-refractivity contribution in [1.82, 2.24) is 0 Å². The lowest BCUT2D eigenvalue weighted by Gasteiger charge is -2.05. The highest BCUT2D eigenvalue weighted by atomic mass is 16.6. The first-order valence-corrected chi connectivity index (χ1v) is 7.68. The SMILES string of the molecule is Cc1ccc(C=NOCc2cccc(-c3ccccc3)c2)cc1. The second-order valence-electron chi connectivity index (χ2n) is 5.49. The number of benzene rings is 3. The van der Waals surface area contributed by atoms with Crippen LogP contribution in [0.4, 0.5) is 0 Å². The van der Waals surface area contributed by atoms with Gasteiger partial charge in [0.25, 0.3) is 0 Å². The number of aryl methyl sites for hydroxylation is 1. The van der Waals surface area contributed by atoms with Crippen molar-refractivity contribution < 1.29 is 4.84 Å². The Hall–Kier alpha value is -2.87. The molecule has 0 amide bonds. The predicted molar refractivity (Wildman–Crippen MR) is 95.4 cm³/mol. The highest BCUT2D eigenvalue weighted by Crippen LogP contribution is 2.20. The van der Waals surface area contributed by atoms with E-state index in [9.17, 15) is 0 Å². The molecule has 0 heterocycles. The van der Waals surface area contributed by atoms with Gasteiger partial charge in [0.15, 0.2) is 0 Å². The van der Waals surface area contributed by atoms with Crippen molar-refractivity contribution in [3.8, 4) is 11.1 Å². The molecule has 0 unspecified atom stereocenters. The van der Waals surface area contributed by atoms with Crippen LogP contribution in [0.25, 0.3) is 11.1 Å². The first-order chi connectivity index (χ1) is 11.3. The van der Waals surface area contributed by atoms with E-state index in [4.69, 9.17) is 4.84 Å². The lowest BCUT2D eigenvalue weighted by Crippen LogP contribution is -1.89. The van der Waals surface area contributed by atoms with Gasteiger partial charge in [-0.1, -0.05) is 83.5 Å². The molecule has 114 valence electrons. The van der Waals surface area contributed by atoms with Gasteiger partial charge in [0.05, 0.1) is 6.21 Å². The molecule has 3 aromatic carbocycles. The van der Waals surface area contributed by atoms with Gasteiger partial charge >= 0.3 is 0 Å². The lowest BCUT2D eigenvalue weighted by molar-refractivity contribution is 0.132. The lowest BCUT2D eigenvalue weighted by atomic mass is 10.0. The zero-order valence-corrected chi connectivity index (χ0v) is 13.1.